The number of hydrogen-bond donors (Lipinski definition) is 1. The molecule has 0 unspecified atom stereocenters. The van der Waals surface area contributed by atoms with Crippen LogP contribution in [0, 0.1) is 0 Å². The molecule has 0 saturated heterocycles. The lowest BCUT2D eigenvalue weighted by Gasteiger charge is -2.03. The Balaban J connectivity index is 2.19. The van der Waals surface area contributed by atoms with Crippen molar-refractivity contribution in [2.45, 2.75) is 0 Å². The lowest BCUT2D eigenvalue weighted by molar-refractivity contribution is 0.0689. The topological polar surface area (TPSA) is 89.4 Å². The Morgan fingerprint density at radius 1 is 1.06 bits per heavy atom. The monoisotopic (exact) mass is 244 g/mol. The van der Waals surface area contributed by atoms with Gasteiger partial charge in [0.05, 0.1) is 12.4 Å². The summed E-state index contributed by atoms with van der Waals surface area (Å²) in [6.45, 7) is 0. The predicted molar refractivity (Wildman–Crippen MR) is 60.4 cm³/mol. The van der Waals surface area contributed by atoms with Gasteiger partial charge in [-0.1, -0.05) is 18.2 Å². The van der Waals surface area contributed by atoms with Crippen LogP contribution in [-0.2, 0) is 0 Å². The van der Waals surface area contributed by atoms with Crippen LogP contribution in [0.15, 0.2) is 42.7 Å². The highest BCUT2D eigenvalue weighted by molar-refractivity contribution is 5.91. The van der Waals surface area contributed by atoms with Crippen molar-refractivity contribution in [3.8, 4) is 5.75 Å². The number of carbonyl (C=O) groups excluding carboxylic acids is 1. The maximum atomic E-state index is 11.7. The third kappa shape index (κ3) is 2.67. The highest BCUT2D eigenvalue weighted by Gasteiger charge is 2.14. The molecule has 0 fully saturated rings. The Labute approximate surface area is 102 Å². The van der Waals surface area contributed by atoms with Gasteiger partial charge in [-0.3, -0.25) is 4.98 Å². The third-order valence-electron chi connectivity index (χ3n) is 2.02. The molecule has 18 heavy (non-hydrogen) atoms. The van der Waals surface area contributed by atoms with Gasteiger partial charge in [0.15, 0.2) is 11.4 Å². The van der Waals surface area contributed by atoms with E-state index in [0.717, 1.165) is 12.4 Å². The fourth-order valence-electron chi connectivity index (χ4n) is 1.22. The van der Waals surface area contributed by atoms with Crippen LogP contribution in [-0.4, -0.2) is 27.0 Å². The van der Waals surface area contributed by atoms with Gasteiger partial charge in [-0.15, -0.1) is 0 Å². The van der Waals surface area contributed by atoms with Gasteiger partial charge in [0.25, 0.3) is 0 Å². The smallest absolute Gasteiger partial charge is 0.363 e. The molecule has 0 radical (unpaired) electrons. The normalized spacial score (nSPS) is 9.78. The lowest BCUT2D eigenvalue weighted by atomic mass is 10.3. The minimum absolute atomic E-state index is 0.154. The highest BCUT2D eigenvalue weighted by Crippen LogP contribution is 2.10. The highest BCUT2D eigenvalue weighted by atomic mass is 16.5. The summed E-state index contributed by atoms with van der Waals surface area (Å²) in [4.78, 5) is 29.6. The lowest BCUT2D eigenvalue weighted by Crippen LogP contribution is -2.13. The largest absolute Gasteiger partial charge is 0.476 e. The Bertz CT molecular complexity index is 584. The zero-order valence-corrected chi connectivity index (χ0v) is 9.11. The second kappa shape index (κ2) is 5.05. The van der Waals surface area contributed by atoms with Crippen LogP contribution in [0.5, 0.6) is 5.75 Å². The standard InChI is InChI=1S/C12H8N2O4/c15-11(16)9-6-13-7-10(14-9)12(17)18-8-4-2-1-3-5-8/h1-7H,(H,15,16). The Kier molecular flexibility index (Phi) is 3.29. The van der Waals surface area contributed by atoms with Crippen molar-refractivity contribution in [1.82, 2.24) is 9.97 Å². The summed E-state index contributed by atoms with van der Waals surface area (Å²) in [6.07, 6.45) is 2.21. The summed E-state index contributed by atoms with van der Waals surface area (Å²) >= 11 is 0. The maximum Gasteiger partial charge on any atom is 0.363 e. The van der Waals surface area contributed by atoms with Crippen molar-refractivity contribution in [2.75, 3.05) is 0 Å². The third-order valence-corrected chi connectivity index (χ3v) is 2.02. The van der Waals surface area contributed by atoms with E-state index >= 15 is 0 Å². The predicted octanol–water partition coefficient (Wildman–Crippen LogP) is 1.39. The Hall–Kier alpha value is -2.76. The quantitative estimate of drug-likeness (QED) is 0.648. The fourth-order valence-corrected chi connectivity index (χ4v) is 1.22. The number of ether oxygens (including phenoxy) is 1. The maximum absolute atomic E-state index is 11.7. The van der Waals surface area contributed by atoms with E-state index in [1.165, 1.54) is 0 Å². The second-order valence-electron chi connectivity index (χ2n) is 3.30. The fraction of sp³-hybridized carbons (Fsp3) is 0. The van der Waals surface area contributed by atoms with Gasteiger partial charge in [-0.05, 0) is 12.1 Å². The minimum Gasteiger partial charge on any atom is -0.476 e. The molecule has 1 aromatic carbocycles. The molecule has 1 aromatic heterocycles. The SMILES string of the molecule is O=C(O)c1cncc(C(=O)Oc2ccccc2)n1. The molecule has 90 valence electrons. The Morgan fingerprint density at radius 2 is 1.72 bits per heavy atom. The van der Waals surface area contributed by atoms with E-state index in [1.807, 2.05) is 0 Å². The van der Waals surface area contributed by atoms with Gasteiger partial charge in [0.2, 0.25) is 0 Å². The molecular weight excluding hydrogens is 236 g/mol. The average molecular weight is 244 g/mol. The number of aromatic nitrogens is 2. The summed E-state index contributed by atoms with van der Waals surface area (Å²) in [5.41, 5.74) is -0.462. The van der Waals surface area contributed by atoms with Crippen molar-refractivity contribution >= 4 is 11.9 Å². The number of para-hydroxylation sites is 1. The van der Waals surface area contributed by atoms with Crippen LogP contribution in [0.2, 0.25) is 0 Å². The van der Waals surface area contributed by atoms with Crippen LogP contribution in [0.4, 0.5) is 0 Å². The van der Waals surface area contributed by atoms with Gasteiger partial charge < -0.3 is 9.84 Å². The summed E-state index contributed by atoms with van der Waals surface area (Å²) in [7, 11) is 0. The van der Waals surface area contributed by atoms with Crippen molar-refractivity contribution in [1.29, 1.82) is 0 Å². The van der Waals surface area contributed by atoms with Crippen molar-refractivity contribution in [2.24, 2.45) is 0 Å². The molecule has 0 spiro atoms. The number of aromatic carboxylic acids is 1. The summed E-state index contributed by atoms with van der Waals surface area (Å²) < 4.78 is 5.00. The molecule has 0 saturated carbocycles. The van der Waals surface area contributed by atoms with Crippen LogP contribution in [0.3, 0.4) is 0 Å². The second-order valence-corrected chi connectivity index (χ2v) is 3.30. The molecule has 0 bridgehead atoms. The van der Waals surface area contributed by atoms with E-state index in [4.69, 9.17) is 9.84 Å². The number of benzene rings is 1. The number of rotatable bonds is 3. The van der Waals surface area contributed by atoms with E-state index in [0.29, 0.717) is 5.75 Å². The van der Waals surface area contributed by atoms with Crippen LogP contribution < -0.4 is 4.74 Å². The van der Waals surface area contributed by atoms with E-state index in [-0.39, 0.29) is 11.4 Å². The molecule has 0 amide bonds. The minimum atomic E-state index is -1.25. The molecule has 0 aliphatic carbocycles. The number of hydrogen-bond acceptors (Lipinski definition) is 5. The van der Waals surface area contributed by atoms with Crippen molar-refractivity contribution in [3.63, 3.8) is 0 Å². The van der Waals surface area contributed by atoms with Crippen LogP contribution in [0.1, 0.15) is 21.0 Å². The van der Waals surface area contributed by atoms with E-state index < -0.39 is 11.9 Å². The zero-order chi connectivity index (χ0) is 13.0. The molecular formula is C12H8N2O4. The Morgan fingerprint density at radius 3 is 2.39 bits per heavy atom. The average Bonchev–Trinajstić information content (AvgIpc) is 2.40. The van der Waals surface area contributed by atoms with E-state index in [9.17, 15) is 9.59 Å². The van der Waals surface area contributed by atoms with Gasteiger partial charge in [-0.25, -0.2) is 14.6 Å². The first-order valence-corrected chi connectivity index (χ1v) is 4.99. The van der Waals surface area contributed by atoms with Gasteiger partial charge >= 0.3 is 11.9 Å². The van der Waals surface area contributed by atoms with E-state index in [1.54, 1.807) is 30.3 Å². The molecule has 2 aromatic rings. The summed E-state index contributed by atoms with van der Waals surface area (Å²) in [5.74, 6) is -1.65. The van der Waals surface area contributed by atoms with E-state index in [2.05, 4.69) is 9.97 Å². The van der Waals surface area contributed by atoms with Gasteiger partial charge in [-0.2, -0.15) is 0 Å². The molecule has 6 heteroatoms. The first-order chi connectivity index (χ1) is 8.66. The van der Waals surface area contributed by atoms with Crippen LogP contribution >= 0.6 is 0 Å². The van der Waals surface area contributed by atoms with Crippen LogP contribution in [0.25, 0.3) is 0 Å². The first kappa shape index (κ1) is 11.7. The van der Waals surface area contributed by atoms with Crippen molar-refractivity contribution < 1.29 is 19.4 Å². The molecule has 2 rings (SSSR count). The summed E-state index contributed by atoms with van der Waals surface area (Å²) in [6, 6.07) is 8.41. The van der Waals surface area contributed by atoms with Gasteiger partial charge in [0, 0.05) is 0 Å². The molecule has 6 nitrogen and oxygen atoms in total. The number of carboxylic acids is 1. The van der Waals surface area contributed by atoms with Gasteiger partial charge in [0.1, 0.15) is 5.75 Å². The number of esters is 1. The molecule has 1 heterocycles. The molecule has 0 aliphatic heterocycles. The number of carboxylic acid groups (broad SMARTS) is 1. The molecule has 0 atom stereocenters. The first-order valence-electron chi connectivity index (χ1n) is 4.99. The van der Waals surface area contributed by atoms with Crippen molar-refractivity contribution in [3.05, 3.63) is 54.1 Å². The molecule has 1 N–H and O–H groups in total. The number of carbonyl (C=O) groups is 2. The molecule has 0 aliphatic rings. The zero-order valence-electron chi connectivity index (χ0n) is 9.11. The summed E-state index contributed by atoms with van der Waals surface area (Å²) in [5, 5.41) is 8.73. The number of nitrogens with zero attached hydrogens (tertiary/aromatic N) is 2.